The number of fused-ring (bicyclic) bond motifs is 1. The summed E-state index contributed by atoms with van der Waals surface area (Å²) < 4.78 is 27.7. The van der Waals surface area contributed by atoms with Gasteiger partial charge in [-0.3, -0.25) is 9.59 Å². The summed E-state index contributed by atoms with van der Waals surface area (Å²) in [6.45, 7) is 0. The lowest BCUT2D eigenvalue weighted by molar-refractivity contribution is -0.119. The third-order valence-electron chi connectivity index (χ3n) is 3.97. The maximum atomic E-state index is 12.7. The second-order valence-electron chi connectivity index (χ2n) is 5.73. The fourth-order valence-corrected chi connectivity index (χ4v) is 3.93. The number of anilines is 1. The van der Waals surface area contributed by atoms with E-state index in [2.05, 4.69) is 10.0 Å². The summed E-state index contributed by atoms with van der Waals surface area (Å²) in [4.78, 5) is 23.1. The molecular formula is C17H17N3O4S. The zero-order valence-electron chi connectivity index (χ0n) is 13.2. The van der Waals surface area contributed by atoms with Gasteiger partial charge in [0.2, 0.25) is 21.8 Å². The molecule has 2 amide bonds. The van der Waals surface area contributed by atoms with Crippen molar-refractivity contribution in [3.8, 4) is 0 Å². The molecule has 4 N–H and O–H groups in total. The number of hydrogen-bond donors (Lipinski definition) is 3. The van der Waals surface area contributed by atoms with Gasteiger partial charge in [-0.25, -0.2) is 8.42 Å². The lowest BCUT2D eigenvalue weighted by Crippen LogP contribution is -2.37. The normalized spacial score (nSPS) is 15.1. The fourth-order valence-electron chi connectivity index (χ4n) is 2.69. The van der Waals surface area contributed by atoms with E-state index in [4.69, 9.17) is 5.73 Å². The molecule has 0 aromatic heterocycles. The smallest absolute Gasteiger partial charge is 0.241 e. The summed E-state index contributed by atoms with van der Waals surface area (Å²) in [5, 5.41) is 2.70. The van der Waals surface area contributed by atoms with Crippen LogP contribution in [0.15, 0.2) is 53.4 Å². The largest absolute Gasteiger partial charge is 0.368 e. The number of rotatable bonds is 5. The Morgan fingerprint density at radius 2 is 1.84 bits per heavy atom. The zero-order chi connectivity index (χ0) is 18.0. The average molecular weight is 359 g/mol. The van der Waals surface area contributed by atoms with Crippen LogP contribution >= 0.6 is 0 Å². The van der Waals surface area contributed by atoms with Crippen LogP contribution in [-0.4, -0.2) is 20.2 Å². The van der Waals surface area contributed by atoms with E-state index in [1.807, 2.05) is 0 Å². The molecule has 2 aromatic carbocycles. The molecule has 0 radical (unpaired) electrons. The molecule has 7 nitrogen and oxygen atoms in total. The second kappa shape index (κ2) is 6.66. The number of nitrogens with two attached hydrogens (primary N) is 1. The van der Waals surface area contributed by atoms with Gasteiger partial charge in [-0.1, -0.05) is 30.3 Å². The lowest BCUT2D eigenvalue weighted by atomic mass is 10.0. The first-order valence-electron chi connectivity index (χ1n) is 7.66. The van der Waals surface area contributed by atoms with Gasteiger partial charge in [-0.05, 0) is 35.7 Å². The van der Waals surface area contributed by atoms with E-state index in [-0.39, 0.29) is 10.8 Å². The number of carbonyl (C=O) groups excluding carboxylic acids is 2. The molecule has 0 spiro atoms. The Hall–Kier alpha value is -2.71. The van der Waals surface area contributed by atoms with E-state index in [0.717, 1.165) is 5.56 Å². The highest BCUT2D eigenvalue weighted by Gasteiger charge is 2.26. The van der Waals surface area contributed by atoms with Crippen LogP contribution in [0, 0.1) is 0 Å². The third-order valence-corrected chi connectivity index (χ3v) is 5.39. The van der Waals surface area contributed by atoms with Gasteiger partial charge in [0.05, 0.1) is 4.90 Å². The van der Waals surface area contributed by atoms with E-state index < -0.39 is 22.0 Å². The summed E-state index contributed by atoms with van der Waals surface area (Å²) in [6.07, 6.45) is 0.764. The average Bonchev–Trinajstić information content (AvgIpc) is 2.59. The minimum atomic E-state index is -3.96. The van der Waals surface area contributed by atoms with Crippen LogP contribution in [-0.2, 0) is 26.0 Å². The van der Waals surface area contributed by atoms with Crippen molar-refractivity contribution in [2.45, 2.75) is 23.8 Å². The Morgan fingerprint density at radius 1 is 1.12 bits per heavy atom. The molecule has 3 rings (SSSR count). The first-order chi connectivity index (χ1) is 11.9. The van der Waals surface area contributed by atoms with Crippen molar-refractivity contribution in [1.82, 2.24) is 4.72 Å². The number of carbonyl (C=O) groups is 2. The highest BCUT2D eigenvalue weighted by atomic mass is 32.2. The van der Waals surface area contributed by atoms with Crippen molar-refractivity contribution in [2.75, 3.05) is 5.32 Å². The van der Waals surface area contributed by atoms with Crippen LogP contribution in [0.2, 0.25) is 0 Å². The molecule has 0 aliphatic carbocycles. The maximum absolute atomic E-state index is 12.7. The summed E-state index contributed by atoms with van der Waals surface area (Å²) in [6, 6.07) is 11.7. The van der Waals surface area contributed by atoms with Crippen LogP contribution in [0.25, 0.3) is 0 Å². The molecular weight excluding hydrogens is 342 g/mol. The Kier molecular flexibility index (Phi) is 4.56. The minimum Gasteiger partial charge on any atom is -0.368 e. The van der Waals surface area contributed by atoms with Gasteiger partial charge in [-0.15, -0.1) is 0 Å². The first-order valence-corrected chi connectivity index (χ1v) is 9.14. The van der Waals surface area contributed by atoms with Crippen LogP contribution in [0.1, 0.15) is 23.6 Å². The minimum absolute atomic E-state index is 0.0181. The molecule has 0 saturated heterocycles. The van der Waals surface area contributed by atoms with Crippen LogP contribution < -0.4 is 15.8 Å². The van der Waals surface area contributed by atoms with Crippen molar-refractivity contribution < 1.29 is 18.0 Å². The third kappa shape index (κ3) is 3.70. The van der Waals surface area contributed by atoms with E-state index in [0.29, 0.717) is 24.1 Å². The monoisotopic (exact) mass is 359 g/mol. The molecule has 1 heterocycles. The van der Waals surface area contributed by atoms with E-state index in [9.17, 15) is 18.0 Å². The zero-order valence-corrected chi connectivity index (χ0v) is 14.0. The Morgan fingerprint density at radius 3 is 2.52 bits per heavy atom. The van der Waals surface area contributed by atoms with Gasteiger partial charge in [0.15, 0.2) is 0 Å². The Bertz CT molecular complexity index is 926. The maximum Gasteiger partial charge on any atom is 0.241 e. The lowest BCUT2D eigenvalue weighted by Gasteiger charge is -2.19. The summed E-state index contributed by atoms with van der Waals surface area (Å²) >= 11 is 0. The first kappa shape index (κ1) is 17.1. The SMILES string of the molecule is NC(=O)C(NS(=O)(=O)c1ccc2c(c1)CCC(=O)N2)c1ccccc1. The van der Waals surface area contributed by atoms with Gasteiger partial charge in [-0.2, -0.15) is 4.72 Å². The van der Waals surface area contributed by atoms with E-state index in [1.165, 1.54) is 12.1 Å². The van der Waals surface area contributed by atoms with Gasteiger partial charge < -0.3 is 11.1 Å². The van der Waals surface area contributed by atoms with Crippen LogP contribution in [0.3, 0.4) is 0 Å². The molecule has 1 atom stereocenters. The van der Waals surface area contributed by atoms with Gasteiger partial charge in [0, 0.05) is 12.1 Å². The molecule has 0 bridgehead atoms. The van der Waals surface area contributed by atoms with Crippen molar-refractivity contribution >= 4 is 27.5 Å². The van der Waals surface area contributed by atoms with Crippen molar-refractivity contribution in [1.29, 1.82) is 0 Å². The number of benzene rings is 2. The van der Waals surface area contributed by atoms with Crippen LogP contribution in [0.5, 0.6) is 0 Å². The standard InChI is InChI=1S/C17H17N3O4S/c18-17(22)16(11-4-2-1-3-5-11)20-25(23,24)13-7-8-14-12(10-13)6-9-15(21)19-14/h1-5,7-8,10,16,20H,6,9H2,(H2,18,22)(H,19,21). The predicted octanol–water partition coefficient (Wildman–Crippen LogP) is 1.08. The van der Waals surface area contributed by atoms with Gasteiger partial charge in [0.1, 0.15) is 6.04 Å². The number of nitrogens with one attached hydrogen (secondary N) is 2. The number of aryl methyl sites for hydroxylation is 1. The van der Waals surface area contributed by atoms with Gasteiger partial charge >= 0.3 is 0 Å². The fraction of sp³-hybridized carbons (Fsp3) is 0.176. The Balaban J connectivity index is 1.91. The summed E-state index contributed by atoms with van der Waals surface area (Å²) in [5.41, 5.74) is 7.16. The molecule has 0 saturated carbocycles. The van der Waals surface area contributed by atoms with Crippen LogP contribution in [0.4, 0.5) is 5.69 Å². The topological polar surface area (TPSA) is 118 Å². The van der Waals surface area contributed by atoms with Crippen molar-refractivity contribution in [3.05, 3.63) is 59.7 Å². The molecule has 25 heavy (non-hydrogen) atoms. The van der Waals surface area contributed by atoms with E-state index >= 15 is 0 Å². The van der Waals surface area contributed by atoms with Crippen molar-refractivity contribution in [2.24, 2.45) is 5.73 Å². The quantitative estimate of drug-likeness (QED) is 0.740. The van der Waals surface area contributed by atoms with Gasteiger partial charge in [0.25, 0.3) is 0 Å². The van der Waals surface area contributed by atoms with Crippen molar-refractivity contribution in [3.63, 3.8) is 0 Å². The molecule has 1 unspecified atom stereocenters. The molecule has 130 valence electrons. The number of primary amides is 1. The molecule has 8 heteroatoms. The summed E-state index contributed by atoms with van der Waals surface area (Å²) in [5.74, 6) is -0.890. The highest BCUT2D eigenvalue weighted by Crippen LogP contribution is 2.26. The molecule has 1 aliphatic rings. The molecule has 0 fully saturated rings. The van der Waals surface area contributed by atoms with E-state index in [1.54, 1.807) is 36.4 Å². The summed E-state index contributed by atoms with van der Waals surface area (Å²) in [7, 11) is -3.96. The highest BCUT2D eigenvalue weighted by molar-refractivity contribution is 7.89. The Labute approximate surface area is 145 Å². The molecule has 1 aliphatic heterocycles. The number of hydrogen-bond acceptors (Lipinski definition) is 4. The number of amides is 2. The number of sulfonamides is 1. The predicted molar refractivity (Wildman–Crippen MR) is 92.1 cm³/mol. The second-order valence-corrected chi connectivity index (χ2v) is 7.45. The molecule has 2 aromatic rings.